The van der Waals surface area contributed by atoms with Crippen LogP contribution in [0.5, 0.6) is 0 Å². The van der Waals surface area contributed by atoms with E-state index in [-0.39, 0.29) is 11.9 Å². The van der Waals surface area contributed by atoms with Crippen molar-refractivity contribution in [2.75, 3.05) is 6.54 Å². The number of halogens is 2. The normalized spacial score (nSPS) is 12.4. The highest BCUT2D eigenvalue weighted by Crippen LogP contribution is 2.31. The fraction of sp³-hybridized carbons (Fsp3) is 0.333. The topological polar surface area (TPSA) is 12.0 Å². The molecule has 0 aliphatic carbocycles. The van der Waals surface area contributed by atoms with Crippen LogP contribution in [0.4, 0.5) is 4.39 Å². The second-order valence-electron chi connectivity index (χ2n) is 5.44. The fourth-order valence-electron chi connectivity index (χ4n) is 2.44. The maximum absolute atomic E-state index is 14.3. The van der Waals surface area contributed by atoms with Crippen LogP contribution in [-0.2, 0) is 0 Å². The van der Waals surface area contributed by atoms with Crippen LogP contribution in [-0.4, -0.2) is 6.54 Å². The van der Waals surface area contributed by atoms with Gasteiger partial charge >= 0.3 is 0 Å². The molecule has 0 amide bonds. The molecule has 0 aliphatic rings. The molecule has 0 heterocycles. The molecule has 0 spiro atoms. The summed E-state index contributed by atoms with van der Waals surface area (Å²) in [6.07, 6.45) is 1.01. The molecule has 21 heavy (non-hydrogen) atoms. The van der Waals surface area contributed by atoms with Gasteiger partial charge in [-0.3, -0.25) is 0 Å². The van der Waals surface area contributed by atoms with Crippen molar-refractivity contribution in [3.8, 4) is 0 Å². The van der Waals surface area contributed by atoms with Gasteiger partial charge in [0.05, 0.1) is 6.04 Å². The number of aryl methyl sites for hydroxylation is 2. The third-order valence-electron chi connectivity index (χ3n) is 3.52. The van der Waals surface area contributed by atoms with E-state index in [4.69, 9.17) is 0 Å². The molecule has 0 bridgehead atoms. The number of benzene rings is 2. The molecule has 3 heteroatoms. The maximum Gasteiger partial charge on any atom is 0.128 e. The van der Waals surface area contributed by atoms with Crippen molar-refractivity contribution in [2.24, 2.45) is 0 Å². The first kappa shape index (κ1) is 16.2. The molecule has 0 fully saturated rings. The van der Waals surface area contributed by atoms with Gasteiger partial charge in [-0.1, -0.05) is 58.2 Å². The number of nitrogens with one attached hydrogen (secondary N) is 1. The lowest BCUT2D eigenvalue weighted by Crippen LogP contribution is -2.24. The van der Waals surface area contributed by atoms with E-state index in [2.05, 4.69) is 47.2 Å². The third-order valence-corrected chi connectivity index (χ3v) is 4.25. The Morgan fingerprint density at radius 1 is 1.05 bits per heavy atom. The summed E-state index contributed by atoms with van der Waals surface area (Å²) in [5, 5.41) is 3.47. The predicted molar refractivity (Wildman–Crippen MR) is 90.2 cm³/mol. The standard InChI is InChI=1S/C18H21BrFN/c1-4-9-21-18(14-10-12(2)5-7-16(14)19)15-11-13(3)6-8-17(15)20/h5-8,10-11,18,21H,4,9H2,1-3H3. The van der Waals surface area contributed by atoms with Crippen LogP contribution in [0.25, 0.3) is 0 Å². The molecular weight excluding hydrogens is 329 g/mol. The van der Waals surface area contributed by atoms with E-state index in [1.165, 1.54) is 5.56 Å². The first-order valence-corrected chi connectivity index (χ1v) is 8.07. The van der Waals surface area contributed by atoms with Crippen molar-refractivity contribution < 1.29 is 4.39 Å². The summed E-state index contributed by atoms with van der Waals surface area (Å²) in [6, 6.07) is 11.3. The summed E-state index contributed by atoms with van der Waals surface area (Å²) < 4.78 is 15.3. The minimum absolute atomic E-state index is 0.140. The van der Waals surface area contributed by atoms with E-state index < -0.39 is 0 Å². The molecule has 0 aromatic heterocycles. The van der Waals surface area contributed by atoms with Gasteiger partial charge in [0.1, 0.15) is 5.82 Å². The summed E-state index contributed by atoms with van der Waals surface area (Å²) in [7, 11) is 0. The molecule has 1 unspecified atom stereocenters. The number of hydrogen-bond donors (Lipinski definition) is 1. The van der Waals surface area contributed by atoms with E-state index in [1.54, 1.807) is 12.1 Å². The molecule has 2 aromatic carbocycles. The zero-order valence-corrected chi connectivity index (χ0v) is 14.3. The lowest BCUT2D eigenvalue weighted by atomic mass is 9.95. The van der Waals surface area contributed by atoms with Crippen LogP contribution in [0.2, 0.25) is 0 Å². The van der Waals surface area contributed by atoms with Crippen LogP contribution < -0.4 is 5.32 Å². The summed E-state index contributed by atoms with van der Waals surface area (Å²) in [5.74, 6) is -0.164. The maximum atomic E-state index is 14.3. The van der Waals surface area contributed by atoms with Crippen LogP contribution in [0.15, 0.2) is 40.9 Å². The van der Waals surface area contributed by atoms with Crippen molar-refractivity contribution in [3.63, 3.8) is 0 Å². The molecule has 0 saturated carbocycles. The van der Waals surface area contributed by atoms with Crippen molar-refractivity contribution >= 4 is 15.9 Å². The molecule has 112 valence electrons. The van der Waals surface area contributed by atoms with Crippen LogP contribution >= 0.6 is 15.9 Å². The Morgan fingerprint density at radius 2 is 1.67 bits per heavy atom. The van der Waals surface area contributed by atoms with E-state index in [0.717, 1.165) is 28.6 Å². The van der Waals surface area contributed by atoms with E-state index in [9.17, 15) is 4.39 Å². The molecule has 2 rings (SSSR count). The summed E-state index contributed by atoms with van der Waals surface area (Å²) in [6.45, 7) is 7.00. The summed E-state index contributed by atoms with van der Waals surface area (Å²) in [5.41, 5.74) is 4.02. The van der Waals surface area contributed by atoms with E-state index in [0.29, 0.717) is 5.56 Å². The Labute approximate surface area is 134 Å². The van der Waals surface area contributed by atoms with Gasteiger partial charge in [0.25, 0.3) is 0 Å². The average molecular weight is 350 g/mol. The summed E-state index contributed by atoms with van der Waals surface area (Å²) >= 11 is 3.60. The zero-order valence-electron chi connectivity index (χ0n) is 12.7. The van der Waals surface area contributed by atoms with Gasteiger partial charge in [-0.05, 0) is 44.5 Å². The molecule has 2 aromatic rings. The van der Waals surface area contributed by atoms with Gasteiger partial charge in [-0.15, -0.1) is 0 Å². The lowest BCUT2D eigenvalue weighted by molar-refractivity contribution is 0.545. The highest BCUT2D eigenvalue weighted by molar-refractivity contribution is 9.10. The second kappa shape index (κ2) is 7.19. The smallest absolute Gasteiger partial charge is 0.128 e. The Bertz CT molecular complexity index is 573. The lowest BCUT2D eigenvalue weighted by Gasteiger charge is -2.22. The largest absolute Gasteiger partial charge is 0.306 e. The highest BCUT2D eigenvalue weighted by Gasteiger charge is 2.19. The van der Waals surface area contributed by atoms with Gasteiger partial charge in [0.15, 0.2) is 0 Å². The number of rotatable bonds is 5. The molecule has 0 radical (unpaired) electrons. The minimum Gasteiger partial charge on any atom is -0.306 e. The van der Waals surface area contributed by atoms with Crippen molar-refractivity contribution in [1.29, 1.82) is 0 Å². The van der Waals surface area contributed by atoms with E-state index in [1.807, 2.05) is 19.1 Å². The average Bonchev–Trinajstić information content (AvgIpc) is 2.46. The molecule has 0 saturated heterocycles. The molecule has 1 atom stereocenters. The summed E-state index contributed by atoms with van der Waals surface area (Å²) in [4.78, 5) is 0. The Balaban J connectivity index is 2.52. The Morgan fingerprint density at radius 3 is 2.33 bits per heavy atom. The zero-order chi connectivity index (χ0) is 15.4. The molecule has 1 N–H and O–H groups in total. The van der Waals surface area contributed by atoms with Gasteiger partial charge < -0.3 is 5.32 Å². The number of hydrogen-bond acceptors (Lipinski definition) is 1. The van der Waals surface area contributed by atoms with Crippen LogP contribution in [0.1, 0.15) is 41.6 Å². The molecule has 1 nitrogen and oxygen atoms in total. The monoisotopic (exact) mass is 349 g/mol. The predicted octanol–water partition coefficient (Wildman–Crippen LogP) is 5.29. The van der Waals surface area contributed by atoms with Crippen LogP contribution in [0, 0.1) is 19.7 Å². The first-order chi connectivity index (χ1) is 10.0. The SMILES string of the molecule is CCCNC(c1cc(C)ccc1F)c1cc(C)ccc1Br. The first-order valence-electron chi connectivity index (χ1n) is 7.28. The van der Waals surface area contributed by atoms with Crippen molar-refractivity contribution in [3.05, 3.63) is 68.9 Å². The third kappa shape index (κ3) is 3.92. The minimum atomic E-state index is -0.164. The van der Waals surface area contributed by atoms with Crippen molar-refractivity contribution in [2.45, 2.75) is 33.2 Å². The molecular formula is C18H21BrFN. The quantitative estimate of drug-likeness (QED) is 0.772. The second-order valence-corrected chi connectivity index (χ2v) is 6.29. The van der Waals surface area contributed by atoms with Crippen molar-refractivity contribution in [1.82, 2.24) is 5.32 Å². The Kier molecular flexibility index (Phi) is 5.54. The molecule has 0 aliphatic heterocycles. The van der Waals surface area contributed by atoms with Gasteiger partial charge in [-0.25, -0.2) is 4.39 Å². The van der Waals surface area contributed by atoms with Gasteiger partial charge in [-0.2, -0.15) is 0 Å². The van der Waals surface area contributed by atoms with Gasteiger partial charge in [0.2, 0.25) is 0 Å². The van der Waals surface area contributed by atoms with Crippen LogP contribution in [0.3, 0.4) is 0 Å². The fourth-order valence-corrected chi connectivity index (χ4v) is 2.92. The highest BCUT2D eigenvalue weighted by atomic mass is 79.9. The van der Waals surface area contributed by atoms with E-state index >= 15 is 0 Å². The van der Waals surface area contributed by atoms with Gasteiger partial charge in [0, 0.05) is 10.0 Å². The Hall–Kier alpha value is -1.19.